The third-order valence-electron chi connectivity index (χ3n) is 4.14. The molecule has 3 heterocycles. The van der Waals surface area contributed by atoms with Gasteiger partial charge in [-0.05, 0) is 25.7 Å². The predicted molar refractivity (Wildman–Crippen MR) is 83.7 cm³/mol. The van der Waals surface area contributed by atoms with Crippen molar-refractivity contribution in [1.82, 2.24) is 24.6 Å². The molecule has 1 atom stereocenters. The van der Waals surface area contributed by atoms with Gasteiger partial charge in [0.15, 0.2) is 5.65 Å². The molecule has 1 unspecified atom stereocenters. The second-order valence-corrected chi connectivity index (χ2v) is 5.56. The maximum absolute atomic E-state index is 4.58. The molecule has 0 fully saturated rings. The zero-order valence-electron chi connectivity index (χ0n) is 12.5. The topological polar surface area (TPSA) is 68.0 Å². The van der Waals surface area contributed by atoms with E-state index in [0.717, 1.165) is 54.2 Å². The Bertz CT molecular complexity index is 809. The zero-order chi connectivity index (χ0) is 14.9. The van der Waals surface area contributed by atoms with Gasteiger partial charge in [-0.25, -0.2) is 4.98 Å². The predicted octanol–water partition coefficient (Wildman–Crippen LogP) is 2.57. The lowest BCUT2D eigenvalue weighted by molar-refractivity contribution is 0.567. The van der Waals surface area contributed by atoms with Gasteiger partial charge in [-0.1, -0.05) is 6.92 Å². The Morgan fingerprint density at radius 3 is 3.09 bits per heavy atom. The molecule has 0 aromatic carbocycles. The molecule has 0 spiro atoms. The Balaban J connectivity index is 1.74. The van der Waals surface area contributed by atoms with Gasteiger partial charge in [-0.3, -0.25) is 9.97 Å². The normalized spacial score (nSPS) is 17.4. The molecule has 3 aromatic heterocycles. The molecule has 1 aliphatic rings. The van der Waals surface area contributed by atoms with E-state index in [9.17, 15) is 0 Å². The van der Waals surface area contributed by atoms with Crippen LogP contribution in [0.1, 0.15) is 42.9 Å². The summed E-state index contributed by atoms with van der Waals surface area (Å²) in [6.45, 7) is 2.11. The highest BCUT2D eigenvalue weighted by Crippen LogP contribution is 2.30. The van der Waals surface area contributed by atoms with Crippen LogP contribution in [0.2, 0.25) is 0 Å². The maximum atomic E-state index is 4.58. The van der Waals surface area contributed by atoms with E-state index in [1.807, 2.05) is 10.6 Å². The Morgan fingerprint density at radius 2 is 2.18 bits per heavy atom. The Kier molecular flexibility index (Phi) is 3.21. The van der Waals surface area contributed by atoms with E-state index in [1.54, 1.807) is 18.6 Å². The highest BCUT2D eigenvalue weighted by atomic mass is 15.3. The highest BCUT2D eigenvalue weighted by molar-refractivity contribution is 5.50. The van der Waals surface area contributed by atoms with Crippen molar-refractivity contribution in [2.24, 2.45) is 0 Å². The van der Waals surface area contributed by atoms with E-state index in [4.69, 9.17) is 0 Å². The third-order valence-corrected chi connectivity index (χ3v) is 4.14. The maximum Gasteiger partial charge on any atom is 0.157 e. The number of rotatable bonds is 3. The summed E-state index contributed by atoms with van der Waals surface area (Å²) in [4.78, 5) is 13.6. The van der Waals surface area contributed by atoms with E-state index in [2.05, 4.69) is 38.4 Å². The quantitative estimate of drug-likeness (QED) is 0.804. The van der Waals surface area contributed by atoms with Gasteiger partial charge in [0, 0.05) is 30.2 Å². The van der Waals surface area contributed by atoms with Crippen molar-refractivity contribution in [1.29, 1.82) is 0 Å². The van der Waals surface area contributed by atoms with Crippen LogP contribution in [0.4, 0.5) is 5.82 Å². The molecule has 112 valence electrons. The first-order valence-electron chi connectivity index (χ1n) is 7.75. The number of fused-ring (bicyclic) bond motifs is 2. The molecule has 4 rings (SSSR count). The monoisotopic (exact) mass is 294 g/mol. The summed E-state index contributed by atoms with van der Waals surface area (Å²) < 4.78 is 1.85. The van der Waals surface area contributed by atoms with Crippen molar-refractivity contribution < 1.29 is 0 Å². The van der Waals surface area contributed by atoms with Crippen molar-refractivity contribution in [2.45, 2.75) is 38.6 Å². The van der Waals surface area contributed by atoms with Crippen LogP contribution in [-0.2, 0) is 12.8 Å². The van der Waals surface area contributed by atoms with Crippen molar-refractivity contribution in [2.75, 3.05) is 5.32 Å². The molecule has 0 amide bonds. The number of aromatic nitrogens is 5. The van der Waals surface area contributed by atoms with Crippen molar-refractivity contribution in [3.8, 4) is 0 Å². The summed E-state index contributed by atoms with van der Waals surface area (Å²) in [6, 6.07) is 4.18. The molecule has 6 nitrogen and oxygen atoms in total. The molecule has 1 N–H and O–H groups in total. The first kappa shape index (κ1) is 13.2. The fraction of sp³-hybridized carbons (Fsp3) is 0.375. The van der Waals surface area contributed by atoms with Crippen LogP contribution >= 0.6 is 0 Å². The van der Waals surface area contributed by atoms with Crippen LogP contribution in [-0.4, -0.2) is 24.6 Å². The standard InChI is InChI=1S/C16H18N6/c1-2-11-10-15(22-14(20-11)6-7-19-22)21-13-5-3-4-12-16(13)18-9-8-17-12/h6-10,13,21H,2-5H2,1H3. The lowest BCUT2D eigenvalue weighted by Crippen LogP contribution is -2.21. The minimum atomic E-state index is 0.178. The van der Waals surface area contributed by atoms with Gasteiger partial charge >= 0.3 is 0 Å². The van der Waals surface area contributed by atoms with Crippen LogP contribution in [0.15, 0.2) is 30.7 Å². The zero-order valence-corrected chi connectivity index (χ0v) is 12.5. The molecule has 0 saturated heterocycles. The summed E-state index contributed by atoms with van der Waals surface area (Å²) in [6.07, 6.45) is 9.41. The highest BCUT2D eigenvalue weighted by Gasteiger charge is 2.23. The second-order valence-electron chi connectivity index (χ2n) is 5.56. The molecule has 1 aliphatic carbocycles. The molecule has 0 saturated carbocycles. The summed E-state index contributed by atoms with van der Waals surface area (Å²) in [5, 5.41) is 7.97. The van der Waals surface area contributed by atoms with Gasteiger partial charge < -0.3 is 5.32 Å². The lowest BCUT2D eigenvalue weighted by atomic mass is 9.95. The summed E-state index contributed by atoms with van der Waals surface area (Å²) >= 11 is 0. The van der Waals surface area contributed by atoms with Crippen LogP contribution in [0.25, 0.3) is 5.65 Å². The number of aryl methyl sites for hydroxylation is 2. The van der Waals surface area contributed by atoms with E-state index >= 15 is 0 Å². The minimum Gasteiger partial charge on any atom is -0.361 e. The number of nitrogens with zero attached hydrogens (tertiary/aromatic N) is 5. The van der Waals surface area contributed by atoms with E-state index in [0.29, 0.717) is 0 Å². The molecule has 22 heavy (non-hydrogen) atoms. The van der Waals surface area contributed by atoms with Crippen LogP contribution < -0.4 is 5.32 Å². The van der Waals surface area contributed by atoms with Crippen molar-refractivity contribution in [3.05, 3.63) is 47.8 Å². The average molecular weight is 294 g/mol. The number of anilines is 1. The van der Waals surface area contributed by atoms with Gasteiger partial charge in [0.2, 0.25) is 0 Å². The van der Waals surface area contributed by atoms with Gasteiger partial charge in [0.05, 0.1) is 23.6 Å². The third kappa shape index (κ3) is 2.20. The Hall–Kier alpha value is -2.50. The first-order chi connectivity index (χ1) is 10.8. The van der Waals surface area contributed by atoms with Gasteiger partial charge in [0.25, 0.3) is 0 Å². The molecule has 3 aromatic rings. The molecule has 0 bridgehead atoms. The average Bonchev–Trinajstić information content (AvgIpc) is 3.04. The summed E-state index contributed by atoms with van der Waals surface area (Å²) in [5.74, 6) is 0.968. The first-order valence-corrected chi connectivity index (χ1v) is 7.75. The van der Waals surface area contributed by atoms with E-state index in [1.165, 1.54) is 0 Å². The minimum absolute atomic E-state index is 0.178. The molecular formula is C16H18N6. The van der Waals surface area contributed by atoms with Gasteiger partial charge in [0.1, 0.15) is 5.82 Å². The number of hydrogen-bond acceptors (Lipinski definition) is 5. The van der Waals surface area contributed by atoms with Crippen LogP contribution in [0, 0.1) is 0 Å². The molecule has 0 aliphatic heterocycles. The molecule has 6 heteroatoms. The summed E-state index contributed by atoms with van der Waals surface area (Å²) in [7, 11) is 0. The Morgan fingerprint density at radius 1 is 1.27 bits per heavy atom. The van der Waals surface area contributed by atoms with Crippen molar-refractivity contribution in [3.63, 3.8) is 0 Å². The number of hydrogen-bond donors (Lipinski definition) is 1. The van der Waals surface area contributed by atoms with Crippen LogP contribution in [0.5, 0.6) is 0 Å². The van der Waals surface area contributed by atoms with Gasteiger partial charge in [-0.2, -0.15) is 9.61 Å². The Labute approximate surface area is 128 Å². The lowest BCUT2D eigenvalue weighted by Gasteiger charge is -2.25. The number of nitrogens with one attached hydrogen (secondary N) is 1. The largest absolute Gasteiger partial charge is 0.361 e. The van der Waals surface area contributed by atoms with Crippen molar-refractivity contribution >= 4 is 11.5 Å². The fourth-order valence-electron chi connectivity index (χ4n) is 3.04. The van der Waals surface area contributed by atoms with Crippen LogP contribution in [0.3, 0.4) is 0 Å². The van der Waals surface area contributed by atoms with Gasteiger partial charge in [-0.15, -0.1) is 0 Å². The van der Waals surface area contributed by atoms with E-state index in [-0.39, 0.29) is 6.04 Å². The SMILES string of the molecule is CCc1cc(NC2CCCc3nccnc32)n2nccc2n1. The van der Waals surface area contributed by atoms with E-state index < -0.39 is 0 Å². The summed E-state index contributed by atoms with van der Waals surface area (Å²) in [5.41, 5.74) is 4.10. The fourth-order valence-corrected chi connectivity index (χ4v) is 3.04. The molecule has 0 radical (unpaired) electrons. The molecular weight excluding hydrogens is 276 g/mol. The second kappa shape index (κ2) is 5.36. The smallest absolute Gasteiger partial charge is 0.157 e.